The van der Waals surface area contributed by atoms with E-state index in [-0.39, 0.29) is 17.9 Å². The summed E-state index contributed by atoms with van der Waals surface area (Å²) in [5.74, 6) is -1.18. The largest absolute Gasteiger partial charge is 0.433 e. The van der Waals surface area contributed by atoms with Gasteiger partial charge >= 0.3 is 12.4 Å². The molecule has 2 unspecified atom stereocenters. The van der Waals surface area contributed by atoms with Crippen LogP contribution in [0.15, 0.2) is 48.5 Å². The highest BCUT2D eigenvalue weighted by Crippen LogP contribution is 2.48. The standard InChI is InChI=1S/C26H21F10NO/c1-12(2)11-17(38)19-18(13-5-9-16(27)10-6-13)20(23(26(34,35)36)37-22(19)24(29)30)21(28)14-3-7-15(8-4-14)25(31,32)33/h3-10,12,17,21,24,38H,11H2,1-2H3. The molecular formula is C26H21F10NO. The van der Waals surface area contributed by atoms with Crippen LogP contribution in [0.25, 0.3) is 11.1 Å². The molecule has 0 amide bonds. The second-order valence-electron chi connectivity index (χ2n) is 8.98. The molecule has 1 heterocycles. The summed E-state index contributed by atoms with van der Waals surface area (Å²) in [6, 6.07) is 5.62. The Balaban J connectivity index is 2.46. The van der Waals surface area contributed by atoms with Crippen molar-refractivity contribution >= 4 is 0 Å². The molecule has 0 aliphatic rings. The van der Waals surface area contributed by atoms with E-state index in [1.807, 2.05) is 0 Å². The molecular weight excluding hydrogens is 532 g/mol. The molecule has 1 aromatic heterocycles. The third-order valence-corrected chi connectivity index (χ3v) is 5.72. The number of benzene rings is 2. The molecule has 0 aliphatic heterocycles. The molecule has 2 aromatic carbocycles. The van der Waals surface area contributed by atoms with Gasteiger partial charge in [-0.25, -0.2) is 22.5 Å². The number of halogens is 10. The van der Waals surface area contributed by atoms with Crippen molar-refractivity contribution in [2.45, 2.75) is 51.3 Å². The predicted octanol–water partition coefficient (Wildman–Crippen LogP) is 9.00. The van der Waals surface area contributed by atoms with Gasteiger partial charge in [0.25, 0.3) is 6.43 Å². The number of aliphatic hydroxyl groups excluding tert-OH is 1. The fraction of sp³-hybridized carbons (Fsp3) is 0.346. The Hall–Kier alpha value is -3.15. The van der Waals surface area contributed by atoms with Crippen LogP contribution < -0.4 is 0 Å². The summed E-state index contributed by atoms with van der Waals surface area (Å²) in [6.07, 6.45) is -18.8. The Morgan fingerprint density at radius 3 is 1.79 bits per heavy atom. The van der Waals surface area contributed by atoms with Gasteiger partial charge in [-0.05, 0) is 53.3 Å². The molecule has 1 N–H and O–H groups in total. The molecule has 0 fully saturated rings. The van der Waals surface area contributed by atoms with E-state index in [9.17, 15) is 44.6 Å². The van der Waals surface area contributed by atoms with Crippen molar-refractivity contribution in [1.82, 2.24) is 4.98 Å². The van der Waals surface area contributed by atoms with Gasteiger partial charge in [0.1, 0.15) is 11.5 Å². The van der Waals surface area contributed by atoms with Crippen LogP contribution in [0.2, 0.25) is 0 Å². The zero-order valence-electron chi connectivity index (χ0n) is 19.8. The van der Waals surface area contributed by atoms with Crippen LogP contribution in [-0.2, 0) is 12.4 Å². The third kappa shape index (κ3) is 6.28. The van der Waals surface area contributed by atoms with Crippen molar-refractivity contribution in [3.63, 3.8) is 0 Å². The second kappa shape index (κ2) is 10.9. The van der Waals surface area contributed by atoms with Crippen LogP contribution in [0.5, 0.6) is 0 Å². The summed E-state index contributed by atoms with van der Waals surface area (Å²) in [5, 5.41) is 10.8. The highest BCUT2D eigenvalue weighted by molar-refractivity contribution is 5.75. The van der Waals surface area contributed by atoms with Gasteiger partial charge in [0.2, 0.25) is 0 Å². The maximum atomic E-state index is 16.0. The average molecular weight is 553 g/mol. The molecule has 0 spiro atoms. The minimum atomic E-state index is -5.48. The molecule has 3 rings (SSSR count). The number of hydrogen-bond acceptors (Lipinski definition) is 2. The van der Waals surface area contributed by atoms with Crippen LogP contribution in [0, 0.1) is 11.7 Å². The van der Waals surface area contributed by atoms with Gasteiger partial charge in [-0.2, -0.15) is 26.3 Å². The van der Waals surface area contributed by atoms with Gasteiger partial charge in [0.05, 0.1) is 11.7 Å². The number of aliphatic hydroxyl groups is 1. The maximum Gasteiger partial charge on any atom is 0.433 e. The monoisotopic (exact) mass is 553 g/mol. The summed E-state index contributed by atoms with van der Waals surface area (Å²) in [7, 11) is 0. The summed E-state index contributed by atoms with van der Waals surface area (Å²) >= 11 is 0. The van der Waals surface area contributed by atoms with Crippen molar-refractivity contribution in [2.24, 2.45) is 5.92 Å². The number of rotatable bonds is 7. The topological polar surface area (TPSA) is 33.1 Å². The molecule has 206 valence electrons. The smallest absolute Gasteiger partial charge is 0.388 e. The van der Waals surface area contributed by atoms with E-state index in [2.05, 4.69) is 4.98 Å². The first-order valence-electron chi connectivity index (χ1n) is 11.2. The molecule has 2 atom stereocenters. The van der Waals surface area contributed by atoms with E-state index in [1.165, 1.54) is 0 Å². The number of hydrogen-bond donors (Lipinski definition) is 1. The molecule has 0 aliphatic carbocycles. The van der Waals surface area contributed by atoms with Gasteiger partial charge in [0.15, 0.2) is 11.9 Å². The molecule has 3 aromatic rings. The fourth-order valence-corrected chi connectivity index (χ4v) is 4.10. The predicted molar refractivity (Wildman–Crippen MR) is 118 cm³/mol. The van der Waals surface area contributed by atoms with Crippen molar-refractivity contribution < 1.29 is 49.0 Å². The fourth-order valence-electron chi connectivity index (χ4n) is 4.10. The quantitative estimate of drug-likeness (QED) is 0.296. The van der Waals surface area contributed by atoms with Gasteiger partial charge in [-0.3, -0.25) is 0 Å². The van der Waals surface area contributed by atoms with Gasteiger partial charge in [-0.15, -0.1) is 0 Å². The number of nitrogens with zero attached hydrogens (tertiary/aromatic N) is 1. The number of aromatic nitrogens is 1. The van der Waals surface area contributed by atoms with Crippen LogP contribution >= 0.6 is 0 Å². The lowest BCUT2D eigenvalue weighted by atomic mass is 9.84. The minimum absolute atomic E-state index is 0.225. The van der Waals surface area contributed by atoms with Crippen molar-refractivity contribution in [3.05, 3.63) is 88.0 Å². The van der Waals surface area contributed by atoms with Crippen LogP contribution in [0.4, 0.5) is 43.9 Å². The van der Waals surface area contributed by atoms with Gasteiger partial charge in [0, 0.05) is 11.1 Å². The molecule has 0 radical (unpaired) electrons. The lowest BCUT2D eigenvalue weighted by molar-refractivity contribution is -0.142. The molecule has 0 saturated heterocycles. The van der Waals surface area contributed by atoms with Crippen molar-refractivity contribution in [2.75, 3.05) is 0 Å². The zero-order chi connectivity index (χ0) is 28.6. The Bertz CT molecular complexity index is 1250. The summed E-state index contributed by atoms with van der Waals surface area (Å²) < 4.78 is 139. The SMILES string of the molecule is CC(C)CC(O)c1c(C(F)F)nc(C(F)(F)F)c(C(F)c2ccc(C(F)(F)F)cc2)c1-c1ccc(F)cc1. The van der Waals surface area contributed by atoms with Crippen molar-refractivity contribution in [3.8, 4) is 11.1 Å². The summed E-state index contributed by atoms with van der Waals surface area (Å²) in [4.78, 5) is 3.05. The molecule has 12 heteroatoms. The van der Waals surface area contributed by atoms with E-state index in [0.29, 0.717) is 24.3 Å². The van der Waals surface area contributed by atoms with E-state index in [0.717, 1.165) is 24.3 Å². The minimum Gasteiger partial charge on any atom is -0.388 e. The van der Waals surface area contributed by atoms with Crippen molar-refractivity contribution in [1.29, 1.82) is 0 Å². The maximum absolute atomic E-state index is 16.0. The highest BCUT2D eigenvalue weighted by Gasteiger charge is 2.43. The Kier molecular flexibility index (Phi) is 8.45. The van der Waals surface area contributed by atoms with E-state index < -0.39 is 76.1 Å². The normalized spacial score (nSPS) is 14.3. The third-order valence-electron chi connectivity index (χ3n) is 5.72. The molecule has 0 bridgehead atoms. The Morgan fingerprint density at radius 2 is 1.34 bits per heavy atom. The Morgan fingerprint density at radius 1 is 0.789 bits per heavy atom. The zero-order valence-corrected chi connectivity index (χ0v) is 19.8. The lowest BCUT2D eigenvalue weighted by Crippen LogP contribution is -2.21. The van der Waals surface area contributed by atoms with E-state index in [4.69, 9.17) is 0 Å². The first-order chi connectivity index (χ1) is 17.5. The van der Waals surface area contributed by atoms with Crippen LogP contribution in [-0.4, -0.2) is 10.1 Å². The summed E-state index contributed by atoms with van der Waals surface area (Å²) in [6.45, 7) is 3.20. The van der Waals surface area contributed by atoms with E-state index >= 15 is 4.39 Å². The number of alkyl halides is 9. The van der Waals surface area contributed by atoms with Crippen LogP contribution in [0.3, 0.4) is 0 Å². The molecule has 0 saturated carbocycles. The van der Waals surface area contributed by atoms with E-state index in [1.54, 1.807) is 13.8 Å². The highest BCUT2D eigenvalue weighted by atomic mass is 19.4. The lowest BCUT2D eigenvalue weighted by Gasteiger charge is -2.27. The first-order valence-corrected chi connectivity index (χ1v) is 11.2. The molecule has 2 nitrogen and oxygen atoms in total. The van der Waals surface area contributed by atoms with Crippen LogP contribution in [0.1, 0.15) is 72.6 Å². The summed E-state index contributed by atoms with van der Waals surface area (Å²) in [5.41, 5.74) is -8.51. The first kappa shape index (κ1) is 29.4. The Labute approximate surface area is 210 Å². The number of pyridine rings is 1. The average Bonchev–Trinajstić information content (AvgIpc) is 2.81. The molecule has 38 heavy (non-hydrogen) atoms. The van der Waals surface area contributed by atoms with Gasteiger partial charge in [-0.1, -0.05) is 38.1 Å². The second-order valence-corrected chi connectivity index (χ2v) is 8.98. The van der Waals surface area contributed by atoms with Gasteiger partial charge < -0.3 is 5.11 Å².